The lowest BCUT2D eigenvalue weighted by atomic mass is 10.1. The molecule has 1 aliphatic rings. The van der Waals surface area contributed by atoms with Crippen LogP contribution in [-0.4, -0.2) is 67.5 Å². The van der Waals surface area contributed by atoms with Crippen molar-refractivity contribution >= 4 is 38.9 Å². The first-order valence-corrected chi connectivity index (χ1v) is 13.6. The van der Waals surface area contributed by atoms with E-state index in [0.29, 0.717) is 0 Å². The van der Waals surface area contributed by atoms with Gasteiger partial charge in [-0.2, -0.15) is 0 Å². The fraction of sp³-hybridized carbons (Fsp3) is 0.240. The maximum absolute atomic E-state index is 13.5. The third-order valence-electron chi connectivity index (χ3n) is 5.84. The minimum atomic E-state index is -4.27. The Hall–Kier alpha value is -3.57. The van der Waals surface area contributed by atoms with Gasteiger partial charge in [0.1, 0.15) is 5.82 Å². The van der Waals surface area contributed by atoms with E-state index in [0.717, 1.165) is 23.0 Å². The number of amides is 3. The van der Waals surface area contributed by atoms with Gasteiger partial charge in [0, 0.05) is 31.7 Å². The topological polar surface area (TPSA) is 104 Å². The van der Waals surface area contributed by atoms with Crippen molar-refractivity contribution in [2.24, 2.45) is 0 Å². The Balaban J connectivity index is 1.53. The fourth-order valence-corrected chi connectivity index (χ4v) is 5.93. The highest BCUT2D eigenvalue weighted by Gasteiger charge is 2.39. The molecule has 1 N–H and O–H groups in total. The van der Waals surface area contributed by atoms with E-state index in [4.69, 9.17) is 0 Å². The number of thiophene rings is 1. The Morgan fingerprint density at radius 2 is 1.61 bits per heavy atom. The first-order chi connectivity index (χ1) is 17.2. The van der Waals surface area contributed by atoms with Gasteiger partial charge in [-0.1, -0.05) is 29.8 Å². The minimum Gasteiger partial charge on any atom is -0.336 e. The second-order valence-corrected chi connectivity index (χ2v) is 11.3. The lowest BCUT2D eigenvalue weighted by molar-refractivity contribution is -0.132. The monoisotopic (exact) mass is 529 g/mol. The third kappa shape index (κ3) is 5.47. The molecule has 11 heteroatoms. The van der Waals surface area contributed by atoms with Crippen LogP contribution >= 0.6 is 11.3 Å². The van der Waals surface area contributed by atoms with Crippen molar-refractivity contribution in [3.8, 4) is 0 Å². The molecule has 3 aromatic rings. The van der Waals surface area contributed by atoms with Crippen molar-refractivity contribution in [3.05, 3.63) is 87.9 Å². The quantitative estimate of drug-likeness (QED) is 0.529. The number of rotatable bonds is 6. The van der Waals surface area contributed by atoms with E-state index in [9.17, 15) is 27.2 Å². The molecule has 36 heavy (non-hydrogen) atoms. The summed E-state index contributed by atoms with van der Waals surface area (Å²) in [5.74, 6) is -2.35. The molecule has 4 rings (SSSR count). The summed E-state index contributed by atoms with van der Waals surface area (Å²) in [4.78, 5) is 41.9. The average molecular weight is 530 g/mol. The Labute approximate surface area is 212 Å². The van der Waals surface area contributed by atoms with Crippen molar-refractivity contribution in [1.29, 1.82) is 0 Å². The Morgan fingerprint density at radius 3 is 2.22 bits per heavy atom. The molecule has 1 aliphatic heterocycles. The van der Waals surface area contributed by atoms with Crippen LogP contribution < -0.4 is 5.32 Å². The first kappa shape index (κ1) is 25.5. The zero-order valence-corrected chi connectivity index (χ0v) is 21.0. The molecular formula is C25H24FN3O5S2. The standard InChI is InChI=1S/C25H24FN3O5S2/c1-17-7-9-20(10-8-17)36(33,34)23(27-22(30)21-6-3-15-35-21)25(32)29-13-11-28(12-14-29)24(31)18-4-2-5-19(26)16-18/h2-10,15-16,23H,11-14H2,1H3,(H,27,30). The maximum Gasteiger partial charge on any atom is 0.262 e. The molecule has 1 unspecified atom stereocenters. The van der Waals surface area contributed by atoms with Crippen LogP contribution in [0.25, 0.3) is 0 Å². The van der Waals surface area contributed by atoms with Crippen molar-refractivity contribution in [2.75, 3.05) is 26.2 Å². The molecule has 0 saturated carbocycles. The van der Waals surface area contributed by atoms with Crippen LogP contribution in [0.4, 0.5) is 4.39 Å². The number of aryl methyl sites for hydroxylation is 1. The SMILES string of the molecule is Cc1ccc(S(=O)(=O)C(NC(=O)c2cccs2)C(=O)N2CCN(C(=O)c3cccc(F)c3)CC2)cc1. The van der Waals surface area contributed by atoms with E-state index in [2.05, 4.69) is 5.32 Å². The van der Waals surface area contributed by atoms with Gasteiger partial charge >= 0.3 is 0 Å². The third-order valence-corrected chi connectivity index (χ3v) is 8.58. The summed E-state index contributed by atoms with van der Waals surface area (Å²) in [5, 5.41) is 2.25. The van der Waals surface area contributed by atoms with Gasteiger partial charge in [-0.05, 0) is 48.7 Å². The van der Waals surface area contributed by atoms with Crippen LogP contribution in [0.5, 0.6) is 0 Å². The molecule has 0 bridgehead atoms. The number of carbonyl (C=O) groups excluding carboxylic acids is 3. The van der Waals surface area contributed by atoms with Crippen molar-refractivity contribution in [1.82, 2.24) is 15.1 Å². The Morgan fingerprint density at radius 1 is 0.944 bits per heavy atom. The van der Waals surface area contributed by atoms with E-state index in [1.165, 1.54) is 46.2 Å². The Bertz CT molecular complexity index is 1370. The molecule has 1 saturated heterocycles. The maximum atomic E-state index is 13.5. The lowest BCUT2D eigenvalue weighted by Gasteiger charge is -2.36. The molecule has 3 amide bonds. The zero-order valence-electron chi connectivity index (χ0n) is 19.4. The number of nitrogens with zero attached hydrogens (tertiary/aromatic N) is 2. The van der Waals surface area contributed by atoms with Gasteiger partial charge in [-0.15, -0.1) is 11.3 Å². The van der Waals surface area contributed by atoms with Gasteiger partial charge in [0.05, 0.1) is 9.77 Å². The summed E-state index contributed by atoms with van der Waals surface area (Å²) in [6.45, 7) is 2.21. The molecule has 0 aliphatic carbocycles. The van der Waals surface area contributed by atoms with Gasteiger partial charge in [0.15, 0.2) is 0 Å². The van der Waals surface area contributed by atoms with Gasteiger partial charge in [0.2, 0.25) is 15.2 Å². The summed E-state index contributed by atoms with van der Waals surface area (Å²) in [6, 6.07) is 14.6. The number of carbonyl (C=O) groups is 3. The predicted molar refractivity (Wildman–Crippen MR) is 133 cm³/mol. The van der Waals surface area contributed by atoms with E-state index in [1.54, 1.807) is 23.6 Å². The first-order valence-electron chi connectivity index (χ1n) is 11.2. The molecule has 2 aromatic carbocycles. The predicted octanol–water partition coefficient (Wildman–Crippen LogP) is 2.71. The van der Waals surface area contributed by atoms with Crippen LogP contribution in [0.1, 0.15) is 25.6 Å². The number of benzene rings is 2. The largest absolute Gasteiger partial charge is 0.336 e. The summed E-state index contributed by atoms with van der Waals surface area (Å²) in [7, 11) is -4.27. The summed E-state index contributed by atoms with van der Waals surface area (Å²) in [5.41, 5.74) is 1.04. The molecule has 188 valence electrons. The molecular weight excluding hydrogens is 505 g/mol. The van der Waals surface area contributed by atoms with Crippen LogP contribution in [0.3, 0.4) is 0 Å². The normalized spacial score (nSPS) is 14.8. The van der Waals surface area contributed by atoms with Gasteiger partial charge in [-0.25, -0.2) is 12.8 Å². The number of nitrogens with one attached hydrogen (secondary N) is 1. The summed E-state index contributed by atoms with van der Waals surface area (Å²) < 4.78 is 40.4. The second kappa shape index (κ2) is 10.6. The molecule has 1 atom stereocenters. The number of piperazine rings is 1. The molecule has 1 aromatic heterocycles. The summed E-state index contributed by atoms with van der Waals surface area (Å²) in [6.07, 6.45) is 0. The molecule has 0 radical (unpaired) electrons. The smallest absolute Gasteiger partial charge is 0.262 e. The highest BCUT2D eigenvalue weighted by molar-refractivity contribution is 7.92. The highest BCUT2D eigenvalue weighted by atomic mass is 32.2. The van der Waals surface area contributed by atoms with Crippen LogP contribution in [0.15, 0.2) is 70.9 Å². The molecule has 8 nitrogen and oxygen atoms in total. The summed E-state index contributed by atoms with van der Waals surface area (Å²) >= 11 is 1.13. The molecule has 0 spiro atoms. The van der Waals surface area contributed by atoms with E-state index >= 15 is 0 Å². The van der Waals surface area contributed by atoms with Crippen molar-refractivity contribution in [2.45, 2.75) is 17.2 Å². The Kier molecular flexibility index (Phi) is 7.51. The van der Waals surface area contributed by atoms with E-state index < -0.39 is 32.8 Å². The van der Waals surface area contributed by atoms with Gasteiger partial charge in [-0.3, -0.25) is 14.4 Å². The van der Waals surface area contributed by atoms with E-state index in [-0.39, 0.29) is 47.4 Å². The number of halogens is 1. The van der Waals surface area contributed by atoms with Crippen LogP contribution in [-0.2, 0) is 14.6 Å². The van der Waals surface area contributed by atoms with Crippen LogP contribution in [0.2, 0.25) is 0 Å². The molecule has 2 heterocycles. The minimum absolute atomic E-state index is 0.0642. The van der Waals surface area contributed by atoms with Gasteiger partial charge < -0.3 is 15.1 Å². The zero-order chi connectivity index (χ0) is 25.9. The molecule has 1 fully saturated rings. The van der Waals surface area contributed by atoms with Gasteiger partial charge in [0.25, 0.3) is 17.7 Å². The van der Waals surface area contributed by atoms with E-state index in [1.807, 2.05) is 6.92 Å². The van der Waals surface area contributed by atoms with Crippen LogP contribution in [0, 0.1) is 12.7 Å². The van der Waals surface area contributed by atoms with Crippen molar-refractivity contribution < 1.29 is 27.2 Å². The average Bonchev–Trinajstić information content (AvgIpc) is 3.42. The number of sulfone groups is 1. The fourth-order valence-electron chi connectivity index (χ4n) is 3.83. The number of hydrogen-bond acceptors (Lipinski definition) is 6. The number of hydrogen-bond donors (Lipinski definition) is 1. The lowest BCUT2D eigenvalue weighted by Crippen LogP contribution is -2.57. The van der Waals surface area contributed by atoms with Crippen molar-refractivity contribution in [3.63, 3.8) is 0 Å². The second-order valence-electron chi connectivity index (χ2n) is 8.32. The highest BCUT2D eigenvalue weighted by Crippen LogP contribution is 2.20.